The summed E-state index contributed by atoms with van der Waals surface area (Å²) in [6, 6.07) is 8.26. The average Bonchev–Trinajstić information content (AvgIpc) is 2.62. The van der Waals surface area contributed by atoms with Crippen molar-refractivity contribution in [2.75, 3.05) is 33.3 Å². The molecule has 1 aromatic heterocycles. The van der Waals surface area contributed by atoms with Gasteiger partial charge in [-0.05, 0) is 62.7 Å². The van der Waals surface area contributed by atoms with Gasteiger partial charge >= 0.3 is 5.63 Å². The van der Waals surface area contributed by atoms with Crippen molar-refractivity contribution in [1.82, 2.24) is 9.80 Å². The molecule has 0 amide bonds. The van der Waals surface area contributed by atoms with Crippen molar-refractivity contribution in [2.45, 2.75) is 38.8 Å². The lowest BCUT2D eigenvalue weighted by Crippen LogP contribution is -2.43. The minimum Gasteiger partial charge on any atom is -0.423 e. The third-order valence-corrected chi connectivity index (χ3v) is 5.33. The number of rotatable bonds is 6. The van der Waals surface area contributed by atoms with Crippen molar-refractivity contribution in [3.8, 4) is 0 Å². The fourth-order valence-electron chi connectivity index (χ4n) is 3.73. The number of likely N-dealkylation sites (N-methyl/N-ethyl adjacent to an activating group) is 1. The van der Waals surface area contributed by atoms with E-state index in [9.17, 15) is 4.79 Å². The van der Waals surface area contributed by atoms with Crippen LogP contribution in [0.2, 0.25) is 0 Å². The molecule has 1 aromatic carbocycles. The Balaban J connectivity index is 1.74. The van der Waals surface area contributed by atoms with Crippen LogP contribution in [0.15, 0.2) is 33.5 Å². The van der Waals surface area contributed by atoms with Gasteiger partial charge in [0.15, 0.2) is 0 Å². The average molecular weight is 344 g/mol. The Hall–Kier alpha value is -1.69. The number of aliphatic hydroxyl groups excluding tert-OH is 1. The van der Waals surface area contributed by atoms with Gasteiger partial charge in [-0.3, -0.25) is 4.90 Å². The molecule has 136 valence electrons. The first-order valence-corrected chi connectivity index (χ1v) is 9.20. The fraction of sp³-hybridized carbons (Fsp3) is 0.550. The van der Waals surface area contributed by atoms with Gasteiger partial charge in [0.05, 0.1) is 6.61 Å². The van der Waals surface area contributed by atoms with Crippen LogP contribution in [0.3, 0.4) is 0 Å². The molecule has 1 N–H and O–H groups in total. The number of aryl methyl sites for hydroxylation is 1. The molecule has 0 atom stereocenters. The molecule has 2 aromatic rings. The van der Waals surface area contributed by atoms with E-state index in [4.69, 9.17) is 9.52 Å². The molecular weight excluding hydrogens is 316 g/mol. The Kier molecular flexibility index (Phi) is 5.89. The first-order valence-electron chi connectivity index (χ1n) is 9.20. The van der Waals surface area contributed by atoms with Gasteiger partial charge in [0.1, 0.15) is 5.58 Å². The van der Waals surface area contributed by atoms with Crippen LogP contribution in [-0.2, 0) is 13.0 Å². The maximum absolute atomic E-state index is 11.9. The number of piperidine rings is 1. The van der Waals surface area contributed by atoms with Crippen LogP contribution in [0.1, 0.15) is 30.9 Å². The zero-order valence-electron chi connectivity index (χ0n) is 15.2. The van der Waals surface area contributed by atoms with Crippen LogP contribution in [-0.4, -0.2) is 54.2 Å². The second-order valence-electron chi connectivity index (χ2n) is 6.99. The zero-order chi connectivity index (χ0) is 17.8. The molecule has 0 unspecified atom stereocenters. The summed E-state index contributed by atoms with van der Waals surface area (Å²) >= 11 is 0. The highest BCUT2D eigenvalue weighted by molar-refractivity contribution is 5.80. The smallest absolute Gasteiger partial charge is 0.336 e. The van der Waals surface area contributed by atoms with Gasteiger partial charge in [-0.15, -0.1) is 0 Å². The Morgan fingerprint density at radius 2 is 2.04 bits per heavy atom. The maximum Gasteiger partial charge on any atom is 0.336 e. The Bertz CT molecular complexity index is 763. The first kappa shape index (κ1) is 18.1. The number of hydrogen-bond donors (Lipinski definition) is 1. The van der Waals surface area contributed by atoms with E-state index in [-0.39, 0.29) is 12.2 Å². The largest absolute Gasteiger partial charge is 0.423 e. The van der Waals surface area contributed by atoms with Gasteiger partial charge in [-0.1, -0.05) is 13.0 Å². The van der Waals surface area contributed by atoms with Crippen molar-refractivity contribution >= 4 is 11.0 Å². The molecule has 5 heteroatoms. The molecular formula is C20H28N2O3. The summed E-state index contributed by atoms with van der Waals surface area (Å²) < 4.78 is 5.36. The molecule has 0 spiro atoms. The van der Waals surface area contributed by atoms with Crippen molar-refractivity contribution in [3.05, 3.63) is 45.8 Å². The number of nitrogens with zero attached hydrogens (tertiary/aromatic N) is 2. The topological polar surface area (TPSA) is 56.9 Å². The second kappa shape index (κ2) is 8.13. The van der Waals surface area contributed by atoms with Crippen molar-refractivity contribution in [3.63, 3.8) is 0 Å². The standard InChI is InChI=1S/C20H28N2O3/c1-3-15-4-5-19-18(12-15)16(13-20(24)25-19)14-22-8-6-17(7-9-22)21(2)10-11-23/h4-5,12-13,17,23H,3,6-11,14H2,1-2H3. The molecule has 25 heavy (non-hydrogen) atoms. The summed E-state index contributed by atoms with van der Waals surface area (Å²) in [4.78, 5) is 16.6. The summed E-state index contributed by atoms with van der Waals surface area (Å²) in [7, 11) is 2.08. The van der Waals surface area contributed by atoms with Gasteiger partial charge in [-0.25, -0.2) is 4.79 Å². The maximum atomic E-state index is 11.9. The van der Waals surface area contributed by atoms with Crippen LogP contribution in [0.4, 0.5) is 0 Å². The van der Waals surface area contributed by atoms with E-state index in [1.165, 1.54) is 5.56 Å². The number of benzene rings is 1. The van der Waals surface area contributed by atoms with E-state index in [1.54, 1.807) is 6.07 Å². The Labute approximate surface area is 148 Å². The third-order valence-electron chi connectivity index (χ3n) is 5.33. The first-order chi connectivity index (χ1) is 12.1. The van der Waals surface area contributed by atoms with E-state index in [0.29, 0.717) is 11.6 Å². The minimum atomic E-state index is -0.274. The lowest BCUT2D eigenvalue weighted by atomic mass is 10.0. The summed E-state index contributed by atoms with van der Waals surface area (Å²) in [5.74, 6) is 0. The second-order valence-corrected chi connectivity index (χ2v) is 6.99. The minimum absolute atomic E-state index is 0.211. The summed E-state index contributed by atoms with van der Waals surface area (Å²) in [6.07, 6.45) is 3.16. The fourth-order valence-corrected chi connectivity index (χ4v) is 3.73. The van der Waals surface area contributed by atoms with Crippen LogP contribution in [0.5, 0.6) is 0 Å². The molecule has 2 heterocycles. The highest BCUT2D eigenvalue weighted by Crippen LogP contribution is 2.23. The predicted octanol–water partition coefficient (Wildman–Crippen LogP) is 2.24. The van der Waals surface area contributed by atoms with E-state index >= 15 is 0 Å². The van der Waals surface area contributed by atoms with Crippen LogP contribution in [0, 0.1) is 0 Å². The van der Waals surface area contributed by atoms with Crippen LogP contribution in [0.25, 0.3) is 11.0 Å². The molecule has 0 aliphatic carbocycles. The number of aliphatic hydroxyl groups is 1. The van der Waals surface area contributed by atoms with Crippen molar-refractivity contribution in [1.29, 1.82) is 0 Å². The highest BCUT2D eigenvalue weighted by Gasteiger charge is 2.22. The van der Waals surface area contributed by atoms with Crippen LogP contribution >= 0.6 is 0 Å². The van der Waals surface area contributed by atoms with Crippen molar-refractivity contribution in [2.24, 2.45) is 0 Å². The summed E-state index contributed by atoms with van der Waals surface area (Å²) in [5, 5.41) is 10.1. The lowest BCUT2D eigenvalue weighted by molar-refractivity contribution is 0.108. The highest BCUT2D eigenvalue weighted by atomic mass is 16.4. The summed E-state index contributed by atoms with van der Waals surface area (Å²) in [5.41, 5.74) is 2.72. The summed E-state index contributed by atoms with van der Waals surface area (Å²) in [6.45, 7) is 5.88. The number of hydrogen-bond acceptors (Lipinski definition) is 5. The lowest BCUT2D eigenvalue weighted by Gasteiger charge is -2.36. The Morgan fingerprint density at radius 3 is 2.72 bits per heavy atom. The SMILES string of the molecule is CCc1ccc2oc(=O)cc(CN3CCC(N(C)CCO)CC3)c2c1. The molecule has 1 aliphatic rings. The van der Waals surface area contributed by atoms with E-state index in [1.807, 2.05) is 12.1 Å². The van der Waals surface area contributed by atoms with Crippen molar-refractivity contribution < 1.29 is 9.52 Å². The Morgan fingerprint density at radius 1 is 1.28 bits per heavy atom. The monoisotopic (exact) mass is 344 g/mol. The third kappa shape index (κ3) is 4.29. The number of likely N-dealkylation sites (tertiary alicyclic amines) is 1. The van der Waals surface area contributed by atoms with Gasteiger partial charge in [0.25, 0.3) is 0 Å². The normalized spacial score (nSPS) is 16.8. The molecule has 0 saturated carbocycles. The van der Waals surface area contributed by atoms with E-state index < -0.39 is 0 Å². The van der Waals surface area contributed by atoms with Gasteiger partial charge in [-0.2, -0.15) is 0 Å². The quantitative estimate of drug-likeness (QED) is 0.815. The molecule has 0 radical (unpaired) electrons. The molecule has 1 aliphatic heterocycles. The molecule has 1 saturated heterocycles. The molecule has 0 bridgehead atoms. The molecule has 3 rings (SSSR count). The molecule has 5 nitrogen and oxygen atoms in total. The van der Waals surface area contributed by atoms with Gasteiger partial charge in [0, 0.05) is 30.6 Å². The van der Waals surface area contributed by atoms with Gasteiger partial charge in [0.2, 0.25) is 0 Å². The zero-order valence-corrected chi connectivity index (χ0v) is 15.2. The predicted molar refractivity (Wildman–Crippen MR) is 99.9 cm³/mol. The van der Waals surface area contributed by atoms with Gasteiger partial charge < -0.3 is 14.4 Å². The number of fused-ring (bicyclic) bond motifs is 1. The van der Waals surface area contributed by atoms with E-state index in [2.05, 4.69) is 29.8 Å². The van der Waals surface area contributed by atoms with Crippen LogP contribution < -0.4 is 5.63 Å². The molecule has 1 fully saturated rings. The van der Waals surface area contributed by atoms with E-state index in [0.717, 1.165) is 56.4 Å².